The van der Waals surface area contributed by atoms with Crippen molar-refractivity contribution in [3.05, 3.63) is 76.3 Å². The maximum Gasteiger partial charge on any atom is 0.357 e. The molecule has 0 radical (unpaired) electrons. The van der Waals surface area contributed by atoms with E-state index in [-0.39, 0.29) is 0 Å². The van der Waals surface area contributed by atoms with Crippen LogP contribution in [0, 0.1) is 6.92 Å². The van der Waals surface area contributed by atoms with Crippen LogP contribution in [-0.4, -0.2) is 15.6 Å². The zero-order valence-electron chi connectivity index (χ0n) is 12.0. The number of hydrogen-bond acceptors (Lipinski definition) is 5. The van der Waals surface area contributed by atoms with Gasteiger partial charge in [0, 0.05) is 6.42 Å². The average Bonchev–Trinajstić information content (AvgIpc) is 2.99. The van der Waals surface area contributed by atoms with E-state index in [2.05, 4.69) is 9.59 Å². The van der Waals surface area contributed by atoms with Gasteiger partial charge >= 0.3 is 5.97 Å². The molecule has 0 aliphatic carbocycles. The summed E-state index contributed by atoms with van der Waals surface area (Å²) in [6.07, 6.45) is 0.565. The van der Waals surface area contributed by atoms with Crippen molar-refractivity contribution in [3.63, 3.8) is 0 Å². The largest absolute Gasteiger partial charge is 0.422 e. The molecule has 22 heavy (non-hydrogen) atoms. The number of aromatic nitrogens is 2. The lowest BCUT2D eigenvalue weighted by molar-refractivity contribution is 0.0738. The third-order valence-electron chi connectivity index (χ3n) is 3.19. The summed E-state index contributed by atoms with van der Waals surface area (Å²) in [6.45, 7) is 1.98. The fourth-order valence-corrected chi connectivity index (χ4v) is 2.58. The van der Waals surface area contributed by atoms with Crippen molar-refractivity contribution in [2.75, 3.05) is 0 Å². The molecule has 110 valence electrons. The molecule has 0 N–H and O–H groups in total. The number of aryl methyl sites for hydroxylation is 1. The van der Waals surface area contributed by atoms with Crippen molar-refractivity contribution in [3.8, 4) is 5.75 Å². The summed E-state index contributed by atoms with van der Waals surface area (Å²) in [7, 11) is 0. The van der Waals surface area contributed by atoms with Crippen molar-refractivity contribution < 1.29 is 9.53 Å². The van der Waals surface area contributed by atoms with E-state index in [1.807, 2.05) is 49.4 Å². The smallest absolute Gasteiger partial charge is 0.357 e. The van der Waals surface area contributed by atoms with Crippen LogP contribution in [0.25, 0.3) is 0 Å². The molecule has 0 saturated carbocycles. The Balaban J connectivity index is 1.76. The highest BCUT2D eigenvalue weighted by Gasteiger charge is 2.18. The van der Waals surface area contributed by atoms with Gasteiger partial charge in [-0.1, -0.05) is 52.5 Å². The molecular formula is C17H14N2O2S. The molecule has 1 heterocycles. The zero-order valence-corrected chi connectivity index (χ0v) is 12.8. The Hall–Kier alpha value is -2.53. The quantitative estimate of drug-likeness (QED) is 0.545. The lowest BCUT2D eigenvalue weighted by Crippen LogP contribution is -2.09. The van der Waals surface area contributed by atoms with Gasteiger partial charge < -0.3 is 4.74 Å². The number of nitrogens with zero attached hydrogens (tertiary/aromatic N) is 2. The molecule has 0 unspecified atom stereocenters. The van der Waals surface area contributed by atoms with E-state index in [1.165, 1.54) is 0 Å². The van der Waals surface area contributed by atoms with Crippen LogP contribution in [0.2, 0.25) is 0 Å². The molecular weight excluding hydrogens is 296 g/mol. The molecule has 1 aromatic heterocycles. The van der Waals surface area contributed by atoms with Crippen molar-refractivity contribution >= 4 is 17.5 Å². The van der Waals surface area contributed by atoms with Crippen molar-refractivity contribution in [2.45, 2.75) is 13.3 Å². The Morgan fingerprint density at radius 2 is 1.82 bits per heavy atom. The highest BCUT2D eigenvalue weighted by molar-refractivity contribution is 7.07. The molecule has 4 nitrogen and oxygen atoms in total. The molecule has 0 saturated heterocycles. The van der Waals surface area contributed by atoms with Crippen LogP contribution < -0.4 is 4.74 Å². The molecule has 5 heteroatoms. The minimum absolute atomic E-state index is 0.412. The van der Waals surface area contributed by atoms with Gasteiger partial charge in [0.1, 0.15) is 5.75 Å². The number of hydrogen-bond donors (Lipinski definition) is 0. The predicted octanol–water partition coefficient (Wildman–Crippen LogP) is 3.66. The molecule has 2 aromatic carbocycles. The van der Waals surface area contributed by atoms with Gasteiger partial charge in [-0.15, -0.1) is 5.10 Å². The van der Waals surface area contributed by atoms with E-state index >= 15 is 0 Å². The summed E-state index contributed by atoms with van der Waals surface area (Å²) >= 11 is 1.06. The second kappa shape index (κ2) is 6.49. The molecule has 0 bridgehead atoms. The highest BCUT2D eigenvalue weighted by atomic mass is 32.1. The second-order valence-corrected chi connectivity index (χ2v) is 5.67. The van der Waals surface area contributed by atoms with Gasteiger partial charge in [0.05, 0.1) is 5.69 Å². The van der Waals surface area contributed by atoms with Gasteiger partial charge in [0.2, 0.25) is 0 Å². The van der Waals surface area contributed by atoms with Gasteiger partial charge in [-0.25, -0.2) is 4.79 Å². The lowest BCUT2D eigenvalue weighted by atomic mass is 10.1. The van der Waals surface area contributed by atoms with E-state index < -0.39 is 5.97 Å². The first kappa shape index (κ1) is 14.4. The maximum absolute atomic E-state index is 12.3. The number of carbonyl (C=O) groups is 1. The molecule has 0 aliphatic rings. The Bertz CT molecular complexity index is 767. The molecule has 3 aromatic rings. The maximum atomic E-state index is 12.3. The van der Waals surface area contributed by atoms with Crippen LogP contribution in [0.1, 0.15) is 26.5 Å². The van der Waals surface area contributed by atoms with E-state index in [1.54, 1.807) is 12.1 Å². The van der Waals surface area contributed by atoms with Crippen LogP contribution in [0.15, 0.2) is 54.6 Å². The average molecular weight is 310 g/mol. The minimum atomic E-state index is -0.412. The van der Waals surface area contributed by atoms with Gasteiger partial charge in [0.15, 0.2) is 4.88 Å². The zero-order chi connectivity index (χ0) is 15.4. The van der Waals surface area contributed by atoms with E-state index in [9.17, 15) is 4.79 Å². The standard InChI is InChI=1S/C17H14N2O2S/c1-12-7-9-14(10-8-12)21-17(20)16-15(18-19-22-16)11-13-5-3-2-4-6-13/h2-10H,11H2,1H3. The third-order valence-corrected chi connectivity index (χ3v) is 3.94. The van der Waals surface area contributed by atoms with Gasteiger partial charge in [-0.05, 0) is 36.2 Å². The van der Waals surface area contributed by atoms with Crippen LogP contribution in [0.4, 0.5) is 0 Å². The van der Waals surface area contributed by atoms with E-state index in [0.717, 1.165) is 22.7 Å². The first-order valence-electron chi connectivity index (χ1n) is 6.86. The Morgan fingerprint density at radius 3 is 2.55 bits per heavy atom. The van der Waals surface area contributed by atoms with E-state index in [4.69, 9.17) is 4.74 Å². The van der Waals surface area contributed by atoms with Crippen molar-refractivity contribution in [1.82, 2.24) is 9.59 Å². The number of esters is 1. The predicted molar refractivity (Wildman–Crippen MR) is 85.3 cm³/mol. The van der Waals surface area contributed by atoms with E-state index in [0.29, 0.717) is 22.7 Å². The molecule has 0 atom stereocenters. The summed E-state index contributed by atoms with van der Waals surface area (Å²) in [4.78, 5) is 12.7. The summed E-state index contributed by atoms with van der Waals surface area (Å²) in [5.41, 5.74) is 2.84. The van der Waals surface area contributed by atoms with Crippen LogP contribution >= 0.6 is 11.5 Å². The summed E-state index contributed by atoms with van der Waals surface area (Å²) < 4.78 is 9.27. The Morgan fingerprint density at radius 1 is 1.09 bits per heavy atom. The molecule has 0 fully saturated rings. The number of rotatable bonds is 4. The highest BCUT2D eigenvalue weighted by Crippen LogP contribution is 2.19. The summed E-state index contributed by atoms with van der Waals surface area (Å²) in [5, 5.41) is 4.06. The monoisotopic (exact) mass is 310 g/mol. The molecule has 3 rings (SSSR count). The molecule has 0 aliphatic heterocycles. The normalized spacial score (nSPS) is 10.4. The Kier molecular flexibility index (Phi) is 4.25. The van der Waals surface area contributed by atoms with Gasteiger partial charge in [-0.3, -0.25) is 0 Å². The first-order chi connectivity index (χ1) is 10.7. The van der Waals surface area contributed by atoms with Crippen LogP contribution in [0.3, 0.4) is 0 Å². The van der Waals surface area contributed by atoms with Crippen molar-refractivity contribution in [1.29, 1.82) is 0 Å². The molecule has 0 amide bonds. The Labute approximate surface area is 132 Å². The summed E-state index contributed by atoms with van der Waals surface area (Å²) in [6, 6.07) is 17.2. The SMILES string of the molecule is Cc1ccc(OC(=O)c2snnc2Cc2ccccc2)cc1. The third kappa shape index (κ3) is 3.38. The lowest BCUT2D eigenvalue weighted by Gasteiger charge is -2.04. The fourth-order valence-electron chi connectivity index (χ4n) is 2.03. The van der Waals surface area contributed by atoms with Crippen LogP contribution in [0.5, 0.6) is 5.75 Å². The van der Waals surface area contributed by atoms with Crippen molar-refractivity contribution in [2.24, 2.45) is 0 Å². The van der Waals surface area contributed by atoms with Gasteiger partial charge in [-0.2, -0.15) is 0 Å². The number of ether oxygens (including phenoxy) is 1. The second-order valence-electron chi connectivity index (χ2n) is 4.91. The fraction of sp³-hybridized carbons (Fsp3) is 0.118. The summed E-state index contributed by atoms with van der Waals surface area (Å²) in [5.74, 6) is 0.111. The van der Waals surface area contributed by atoms with Gasteiger partial charge in [0.25, 0.3) is 0 Å². The minimum Gasteiger partial charge on any atom is -0.422 e. The van der Waals surface area contributed by atoms with Crippen LogP contribution in [-0.2, 0) is 6.42 Å². The topological polar surface area (TPSA) is 52.1 Å². The molecule has 0 spiro atoms. The number of carbonyl (C=O) groups excluding carboxylic acids is 1. The first-order valence-corrected chi connectivity index (χ1v) is 7.64. The number of benzene rings is 2.